The van der Waals surface area contributed by atoms with Crippen LogP contribution in [-0.4, -0.2) is 24.0 Å². The monoisotopic (exact) mass is 184 g/mol. The zero-order valence-electron chi connectivity index (χ0n) is 7.37. The average molecular weight is 185 g/mol. The molecule has 66 valence electrons. The highest BCUT2D eigenvalue weighted by atomic mass is 35.5. The van der Waals surface area contributed by atoms with Crippen LogP contribution in [0.15, 0.2) is 24.4 Å². The fourth-order valence-electron chi connectivity index (χ4n) is 1.05. The van der Waals surface area contributed by atoms with E-state index in [-0.39, 0.29) is 5.38 Å². The van der Waals surface area contributed by atoms with Crippen LogP contribution in [0.1, 0.15) is 6.92 Å². The van der Waals surface area contributed by atoms with Gasteiger partial charge in [-0.15, -0.1) is 11.6 Å². The smallest absolute Gasteiger partial charge is 0.128 e. The molecule has 0 saturated heterocycles. The summed E-state index contributed by atoms with van der Waals surface area (Å²) >= 11 is 5.85. The summed E-state index contributed by atoms with van der Waals surface area (Å²) in [6.07, 6.45) is 1.78. The molecule has 1 heterocycles. The first kappa shape index (κ1) is 9.33. The molecule has 0 aromatic carbocycles. The maximum atomic E-state index is 5.85. The Bertz CT molecular complexity index is 223. The van der Waals surface area contributed by atoms with E-state index in [0.717, 1.165) is 12.4 Å². The molecule has 1 aromatic heterocycles. The van der Waals surface area contributed by atoms with Gasteiger partial charge in [0.05, 0.1) is 0 Å². The second-order valence-corrected chi connectivity index (χ2v) is 3.59. The molecule has 3 heteroatoms. The van der Waals surface area contributed by atoms with E-state index in [0.29, 0.717) is 0 Å². The van der Waals surface area contributed by atoms with E-state index in [2.05, 4.69) is 4.98 Å². The Morgan fingerprint density at radius 3 is 2.83 bits per heavy atom. The molecule has 0 aliphatic rings. The number of pyridine rings is 1. The molecule has 1 unspecified atom stereocenters. The normalized spacial score (nSPS) is 12.6. The minimum Gasteiger partial charge on any atom is -0.358 e. The van der Waals surface area contributed by atoms with Gasteiger partial charge in [-0.3, -0.25) is 0 Å². The average Bonchev–Trinajstić information content (AvgIpc) is 2.05. The molecular weight excluding hydrogens is 172 g/mol. The van der Waals surface area contributed by atoms with Crippen LogP contribution in [0.3, 0.4) is 0 Å². The van der Waals surface area contributed by atoms with Crippen LogP contribution in [0, 0.1) is 0 Å². The van der Waals surface area contributed by atoms with E-state index < -0.39 is 0 Å². The first-order valence-electron chi connectivity index (χ1n) is 3.96. The Labute approximate surface area is 78.2 Å². The van der Waals surface area contributed by atoms with E-state index >= 15 is 0 Å². The number of hydrogen-bond acceptors (Lipinski definition) is 2. The van der Waals surface area contributed by atoms with E-state index in [4.69, 9.17) is 11.6 Å². The zero-order valence-corrected chi connectivity index (χ0v) is 8.12. The molecule has 1 rings (SSSR count). The van der Waals surface area contributed by atoms with Gasteiger partial charge in [-0.05, 0) is 19.1 Å². The van der Waals surface area contributed by atoms with Crippen LogP contribution < -0.4 is 4.90 Å². The van der Waals surface area contributed by atoms with E-state index in [9.17, 15) is 0 Å². The molecule has 2 nitrogen and oxygen atoms in total. The molecular formula is C9H13ClN2. The lowest BCUT2D eigenvalue weighted by Gasteiger charge is -2.18. The molecule has 1 atom stereocenters. The maximum Gasteiger partial charge on any atom is 0.128 e. The van der Waals surface area contributed by atoms with Crippen LogP contribution in [0.2, 0.25) is 0 Å². The molecule has 0 bridgehead atoms. The lowest BCUT2D eigenvalue weighted by atomic mass is 10.4. The summed E-state index contributed by atoms with van der Waals surface area (Å²) in [6.45, 7) is 2.79. The van der Waals surface area contributed by atoms with Crippen molar-refractivity contribution < 1.29 is 0 Å². The van der Waals surface area contributed by atoms with Gasteiger partial charge in [0, 0.05) is 25.2 Å². The second kappa shape index (κ2) is 4.31. The number of halogens is 1. The van der Waals surface area contributed by atoms with Crippen molar-refractivity contribution in [3.8, 4) is 0 Å². The molecule has 0 radical (unpaired) electrons. The predicted octanol–water partition coefficient (Wildman–Crippen LogP) is 2.15. The molecule has 0 saturated carbocycles. The van der Waals surface area contributed by atoms with Gasteiger partial charge in [-0.25, -0.2) is 4.98 Å². The molecule has 12 heavy (non-hydrogen) atoms. The molecule has 0 aliphatic heterocycles. The summed E-state index contributed by atoms with van der Waals surface area (Å²) in [5.74, 6) is 0.963. The summed E-state index contributed by atoms with van der Waals surface area (Å²) in [6, 6.07) is 5.85. The summed E-state index contributed by atoms with van der Waals surface area (Å²) in [5.41, 5.74) is 0. The lowest BCUT2D eigenvalue weighted by Crippen LogP contribution is -2.24. The van der Waals surface area contributed by atoms with Gasteiger partial charge < -0.3 is 4.90 Å². The maximum absolute atomic E-state index is 5.85. The molecule has 0 aliphatic carbocycles. The van der Waals surface area contributed by atoms with Crippen molar-refractivity contribution in [2.24, 2.45) is 0 Å². The molecule has 0 fully saturated rings. The number of alkyl halides is 1. The molecule has 0 amide bonds. The second-order valence-electron chi connectivity index (χ2n) is 2.85. The van der Waals surface area contributed by atoms with Gasteiger partial charge in [-0.2, -0.15) is 0 Å². The van der Waals surface area contributed by atoms with Crippen molar-refractivity contribution in [2.75, 3.05) is 18.5 Å². The Morgan fingerprint density at radius 2 is 2.33 bits per heavy atom. The predicted molar refractivity (Wildman–Crippen MR) is 52.8 cm³/mol. The van der Waals surface area contributed by atoms with Gasteiger partial charge in [-0.1, -0.05) is 6.07 Å². The summed E-state index contributed by atoms with van der Waals surface area (Å²) < 4.78 is 0. The third-order valence-corrected chi connectivity index (χ3v) is 1.70. The molecule has 0 spiro atoms. The van der Waals surface area contributed by atoms with E-state index in [1.807, 2.05) is 37.1 Å². The summed E-state index contributed by atoms with van der Waals surface area (Å²) in [7, 11) is 1.99. The number of aromatic nitrogens is 1. The van der Waals surface area contributed by atoms with Gasteiger partial charge in [0.15, 0.2) is 0 Å². The number of nitrogens with zero attached hydrogens (tertiary/aromatic N) is 2. The van der Waals surface area contributed by atoms with Crippen LogP contribution in [0.5, 0.6) is 0 Å². The number of anilines is 1. The fourth-order valence-corrected chi connectivity index (χ4v) is 1.26. The van der Waals surface area contributed by atoms with Crippen molar-refractivity contribution in [2.45, 2.75) is 12.3 Å². The van der Waals surface area contributed by atoms with Gasteiger partial charge in [0.25, 0.3) is 0 Å². The Balaban J connectivity index is 2.59. The van der Waals surface area contributed by atoms with Crippen molar-refractivity contribution >= 4 is 17.4 Å². The van der Waals surface area contributed by atoms with Gasteiger partial charge in [0.2, 0.25) is 0 Å². The first-order valence-corrected chi connectivity index (χ1v) is 4.40. The van der Waals surface area contributed by atoms with Crippen molar-refractivity contribution in [1.82, 2.24) is 4.98 Å². The molecule has 1 aromatic rings. The quantitative estimate of drug-likeness (QED) is 0.670. The first-order chi connectivity index (χ1) is 5.70. The SMILES string of the molecule is CC(Cl)CN(C)c1ccccn1. The Hall–Kier alpha value is -0.760. The van der Waals surface area contributed by atoms with Gasteiger partial charge >= 0.3 is 0 Å². The molecule has 0 N–H and O–H groups in total. The van der Waals surface area contributed by atoms with Crippen molar-refractivity contribution in [1.29, 1.82) is 0 Å². The van der Waals surface area contributed by atoms with Crippen LogP contribution in [-0.2, 0) is 0 Å². The standard InChI is InChI=1S/C9H13ClN2/c1-8(10)7-12(2)9-5-3-4-6-11-9/h3-6,8H,7H2,1-2H3. The summed E-state index contributed by atoms with van der Waals surface area (Å²) in [4.78, 5) is 6.24. The zero-order chi connectivity index (χ0) is 8.97. The van der Waals surface area contributed by atoms with Crippen LogP contribution >= 0.6 is 11.6 Å². The Kier molecular flexibility index (Phi) is 3.35. The summed E-state index contributed by atoms with van der Waals surface area (Å²) in [5, 5.41) is 0.150. The fraction of sp³-hybridized carbons (Fsp3) is 0.444. The number of hydrogen-bond donors (Lipinski definition) is 0. The minimum atomic E-state index is 0.150. The van der Waals surface area contributed by atoms with Gasteiger partial charge in [0.1, 0.15) is 5.82 Å². The van der Waals surface area contributed by atoms with Crippen LogP contribution in [0.4, 0.5) is 5.82 Å². The number of rotatable bonds is 3. The van der Waals surface area contributed by atoms with Crippen LogP contribution in [0.25, 0.3) is 0 Å². The van der Waals surface area contributed by atoms with Crippen molar-refractivity contribution in [3.05, 3.63) is 24.4 Å². The van der Waals surface area contributed by atoms with Crippen molar-refractivity contribution in [3.63, 3.8) is 0 Å². The lowest BCUT2D eigenvalue weighted by molar-refractivity contribution is 0.844. The minimum absolute atomic E-state index is 0.150. The third kappa shape index (κ3) is 2.70. The highest BCUT2D eigenvalue weighted by molar-refractivity contribution is 6.20. The largest absolute Gasteiger partial charge is 0.358 e. The highest BCUT2D eigenvalue weighted by Crippen LogP contribution is 2.08. The topological polar surface area (TPSA) is 16.1 Å². The van der Waals surface area contributed by atoms with E-state index in [1.54, 1.807) is 6.20 Å². The Morgan fingerprint density at radius 1 is 1.58 bits per heavy atom. The van der Waals surface area contributed by atoms with E-state index in [1.165, 1.54) is 0 Å². The third-order valence-electron chi connectivity index (χ3n) is 1.57. The highest BCUT2D eigenvalue weighted by Gasteiger charge is 2.03.